The van der Waals surface area contributed by atoms with E-state index in [1.807, 2.05) is 0 Å². The quantitative estimate of drug-likeness (QED) is 0.555. The number of rotatable bonds is 7. The van der Waals surface area contributed by atoms with Crippen molar-refractivity contribution in [1.29, 1.82) is 0 Å². The van der Waals surface area contributed by atoms with Crippen molar-refractivity contribution in [2.45, 2.75) is 25.8 Å². The van der Waals surface area contributed by atoms with E-state index in [0.29, 0.717) is 17.1 Å². The van der Waals surface area contributed by atoms with Gasteiger partial charge in [0, 0.05) is 24.7 Å². The molecule has 0 aliphatic heterocycles. The number of hydrogen-bond acceptors (Lipinski definition) is 6. The van der Waals surface area contributed by atoms with Crippen LogP contribution in [0.2, 0.25) is 5.02 Å². The molecule has 0 bridgehead atoms. The average molecular weight is 460 g/mol. The Kier molecular flexibility index (Phi) is 7.65. The lowest BCUT2D eigenvalue weighted by Gasteiger charge is -2.08. The fourth-order valence-corrected chi connectivity index (χ4v) is 2.68. The van der Waals surface area contributed by atoms with Crippen molar-refractivity contribution >= 4 is 30.0 Å². The number of aryl methyl sites for hydroxylation is 1. The Balaban J connectivity index is 0.00000320. The zero-order valence-electron chi connectivity index (χ0n) is 15.6. The Morgan fingerprint density at radius 1 is 1.30 bits per heavy atom. The minimum Gasteiger partial charge on any atom is -0.481 e. The lowest BCUT2D eigenvalue weighted by molar-refractivity contribution is -0.137. The van der Waals surface area contributed by atoms with E-state index < -0.39 is 29.5 Å². The summed E-state index contributed by atoms with van der Waals surface area (Å²) in [6.07, 6.45) is 1.19. The van der Waals surface area contributed by atoms with Crippen LogP contribution >= 0.6 is 24.0 Å². The molecule has 2 aromatic heterocycles. The van der Waals surface area contributed by atoms with E-state index >= 15 is 0 Å². The highest BCUT2D eigenvalue weighted by Crippen LogP contribution is 2.27. The van der Waals surface area contributed by atoms with E-state index in [-0.39, 0.29) is 36.0 Å². The van der Waals surface area contributed by atoms with Crippen LogP contribution in [0.5, 0.6) is 11.6 Å². The summed E-state index contributed by atoms with van der Waals surface area (Å²) in [7, 11) is 0. The van der Waals surface area contributed by atoms with Gasteiger partial charge in [0.2, 0.25) is 0 Å². The van der Waals surface area contributed by atoms with Crippen molar-refractivity contribution in [3.05, 3.63) is 58.5 Å². The summed E-state index contributed by atoms with van der Waals surface area (Å²) in [4.78, 5) is 15.6. The van der Waals surface area contributed by atoms with Crippen LogP contribution in [0, 0.1) is 18.6 Å². The van der Waals surface area contributed by atoms with Crippen LogP contribution in [0.4, 0.5) is 8.78 Å². The summed E-state index contributed by atoms with van der Waals surface area (Å²) >= 11 is 5.62. The second kappa shape index (κ2) is 9.79. The van der Waals surface area contributed by atoms with Crippen molar-refractivity contribution in [1.82, 2.24) is 20.0 Å². The molecule has 0 spiro atoms. The van der Waals surface area contributed by atoms with Gasteiger partial charge in [-0.15, -0.1) is 12.4 Å². The lowest BCUT2D eigenvalue weighted by atomic mass is 10.1. The zero-order valence-corrected chi connectivity index (χ0v) is 17.1. The number of pyridine rings is 1. The average Bonchev–Trinajstić information content (AvgIpc) is 2.98. The van der Waals surface area contributed by atoms with Crippen molar-refractivity contribution in [2.24, 2.45) is 5.73 Å². The molecule has 0 aliphatic rings. The Morgan fingerprint density at radius 2 is 2.03 bits per heavy atom. The molecule has 12 heteroatoms. The molecule has 30 heavy (non-hydrogen) atoms. The number of halogens is 4. The summed E-state index contributed by atoms with van der Waals surface area (Å²) in [5.41, 5.74) is 7.12. The highest BCUT2D eigenvalue weighted by atomic mass is 35.5. The molecule has 8 nitrogen and oxygen atoms in total. The first-order valence-corrected chi connectivity index (χ1v) is 8.79. The normalized spacial score (nSPS) is 11.6. The molecule has 3 rings (SSSR count). The van der Waals surface area contributed by atoms with Gasteiger partial charge in [0.25, 0.3) is 5.88 Å². The van der Waals surface area contributed by atoms with Gasteiger partial charge in [-0.3, -0.25) is 4.79 Å². The standard InChI is InChI=1S/C18H16ClF2N5O3.ClH/c1-9-15(5-11(22)6-17(27)28)25-26(24-9)12-2-3-16(13(20)7-12)29-18-14(21)4-10(19)8-23-18;/h2-4,7-8,11H,5-6,22H2,1H3,(H,27,28);1H. The first-order valence-electron chi connectivity index (χ1n) is 8.42. The summed E-state index contributed by atoms with van der Waals surface area (Å²) in [6, 6.07) is 4.26. The second-order valence-electron chi connectivity index (χ2n) is 6.24. The van der Waals surface area contributed by atoms with Crippen LogP contribution in [-0.2, 0) is 11.2 Å². The van der Waals surface area contributed by atoms with E-state index in [2.05, 4.69) is 15.2 Å². The Morgan fingerprint density at radius 3 is 2.67 bits per heavy atom. The predicted molar refractivity (Wildman–Crippen MR) is 107 cm³/mol. The second-order valence-corrected chi connectivity index (χ2v) is 6.68. The monoisotopic (exact) mass is 459 g/mol. The summed E-state index contributed by atoms with van der Waals surface area (Å²) in [5, 5.41) is 17.3. The molecule has 0 radical (unpaired) electrons. The van der Waals surface area contributed by atoms with E-state index in [9.17, 15) is 13.6 Å². The molecular formula is C18H17Cl2F2N5O3. The maximum absolute atomic E-state index is 14.4. The Bertz CT molecular complexity index is 1060. The van der Waals surface area contributed by atoms with Gasteiger partial charge in [-0.25, -0.2) is 13.8 Å². The van der Waals surface area contributed by atoms with E-state index in [4.69, 9.17) is 27.2 Å². The molecule has 1 unspecified atom stereocenters. The van der Waals surface area contributed by atoms with Gasteiger partial charge < -0.3 is 15.6 Å². The van der Waals surface area contributed by atoms with E-state index in [1.54, 1.807) is 6.92 Å². The number of nitrogens with zero attached hydrogens (tertiary/aromatic N) is 4. The van der Waals surface area contributed by atoms with Gasteiger partial charge in [0.05, 0.1) is 28.5 Å². The smallest absolute Gasteiger partial charge is 0.304 e. The van der Waals surface area contributed by atoms with Crippen molar-refractivity contribution < 1.29 is 23.4 Å². The van der Waals surface area contributed by atoms with Gasteiger partial charge in [0.15, 0.2) is 17.4 Å². The molecule has 160 valence electrons. The van der Waals surface area contributed by atoms with Crippen molar-refractivity contribution in [3.63, 3.8) is 0 Å². The third kappa shape index (κ3) is 5.62. The SMILES string of the molecule is Cc1nn(-c2ccc(Oc3ncc(Cl)cc3F)c(F)c2)nc1CC(N)CC(=O)O.Cl. The fraction of sp³-hybridized carbons (Fsp3) is 0.222. The highest BCUT2D eigenvalue weighted by Gasteiger charge is 2.17. The molecule has 0 fully saturated rings. The highest BCUT2D eigenvalue weighted by molar-refractivity contribution is 6.30. The van der Waals surface area contributed by atoms with Gasteiger partial charge in [-0.2, -0.15) is 15.0 Å². The molecule has 0 saturated carbocycles. The molecule has 3 N–H and O–H groups in total. The van der Waals surface area contributed by atoms with Gasteiger partial charge in [-0.1, -0.05) is 11.6 Å². The van der Waals surface area contributed by atoms with Crippen LogP contribution in [0.1, 0.15) is 17.8 Å². The number of aromatic nitrogens is 4. The maximum atomic E-state index is 14.4. The number of carboxylic acid groups (broad SMARTS) is 1. The zero-order chi connectivity index (χ0) is 21.1. The topological polar surface area (TPSA) is 116 Å². The molecule has 0 aliphatic carbocycles. The number of ether oxygens (including phenoxy) is 1. The molecule has 1 aromatic carbocycles. The first-order chi connectivity index (χ1) is 13.7. The fourth-order valence-electron chi connectivity index (χ4n) is 2.54. The summed E-state index contributed by atoms with van der Waals surface area (Å²) in [6.45, 7) is 1.69. The van der Waals surface area contributed by atoms with Gasteiger partial charge in [-0.05, 0) is 25.1 Å². The largest absolute Gasteiger partial charge is 0.481 e. The number of carbonyl (C=O) groups is 1. The Hall–Kier alpha value is -2.82. The number of hydrogen-bond donors (Lipinski definition) is 2. The summed E-state index contributed by atoms with van der Waals surface area (Å²) < 4.78 is 33.4. The Labute approximate surface area is 181 Å². The maximum Gasteiger partial charge on any atom is 0.304 e. The third-order valence-corrected chi connectivity index (χ3v) is 4.10. The molecule has 3 aromatic rings. The van der Waals surface area contributed by atoms with Gasteiger partial charge in [0.1, 0.15) is 0 Å². The minimum atomic E-state index is -1.01. The van der Waals surface area contributed by atoms with Crippen LogP contribution in [0.25, 0.3) is 5.69 Å². The first kappa shape index (κ1) is 23.5. The van der Waals surface area contributed by atoms with E-state index in [1.165, 1.54) is 23.1 Å². The molecule has 0 amide bonds. The van der Waals surface area contributed by atoms with Crippen molar-refractivity contribution in [3.8, 4) is 17.3 Å². The minimum absolute atomic E-state index is 0. The molecular weight excluding hydrogens is 443 g/mol. The third-order valence-electron chi connectivity index (χ3n) is 3.90. The number of benzene rings is 1. The number of carboxylic acids is 1. The molecule has 1 atom stereocenters. The summed E-state index contributed by atoms with van der Waals surface area (Å²) in [5.74, 6) is -3.27. The van der Waals surface area contributed by atoms with Crippen LogP contribution in [0.15, 0.2) is 30.5 Å². The molecule has 2 heterocycles. The predicted octanol–water partition coefficient (Wildman–Crippen LogP) is 3.46. The van der Waals surface area contributed by atoms with E-state index in [0.717, 1.165) is 12.1 Å². The van der Waals surface area contributed by atoms with Crippen LogP contribution in [-0.4, -0.2) is 37.1 Å². The van der Waals surface area contributed by atoms with Crippen LogP contribution in [0.3, 0.4) is 0 Å². The van der Waals surface area contributed by atoms with Crippen molar-refractivity contribution in [2.75, 3.05) is 0 Å². The number of nitrogens with two attached hydrogens (primary N) is 1. The lowest BCUT2D eigenvalue weighted by Crippen LogP contribution is -2.26. The van der Waals surface area contributed by atoms with Gasteiger partial charge >= 0.3 is 5.97 Å². The van der Waals surface area contributed by atoms with Crippen LogP contribution < -0.4 is 10.5 Å². The molecule has 0 saturated heterocycles. The number of aliphatic carboxylic acids is 1.